The highest BCUT2D eigenvalue weighted by Gasteiger charge is 2.19. The molecule has 0 saturated heterocycles. The Balaban J connectivity index is 4.24. The SMILES string of the molecule is CCCCCC/C=C\CCCCCCCC(=O)OCC(COC(=O)CCCCCCCCCCCCCC/C=C\C/C=C\C/C=C\CCCCCCC)OC(=O)CCCCCCCCCCCCCCCCCCCCCCCC. The normalized spacial score (nSPS) is 12.3. The summed E-state index contributed by atoms with van der Waals surface area (Å²) in [4.78, 5) is 38.4. The third kappa shape index (κ3) is 66.2. The maximum Gasteiger partial charge on any atom is 0.306 e. The van der Waals surface area contributed by atoms with Gasteiger partial charge in [0.25, 0.3) is 0 Å². The fraction of sp³-hybridized carbons (Fsp3) is 0.851. The van der Waals surface area contributed by atoms with E-state index >= 15 is 0 Å². The van der Waals surface area contributed by atoms with Crippen LogP contribution >= 0.6 is 0 Å². The van der Waals surface area contributed by atoms with Crippen molar-refractivity contribution in [1.82, 2.24) is 0 Å². The summed E-state index contributed by atoms with van der Waals surface area (Å²) in [7, 11) is 0. The van der Waals surface area contributed by atoms with E-state index in [4.69, 9.17) is 14.2 Å². The molecule has 0 spiro atoms. The van der Waals surface area contributed by atoms with E-state index in [2.05, 4.69) is 69.4 Å². The first-order valence-electron chi connectivity index (χ1n) is 35.6. The Morgan fingerprint density at radius 1 is 0.250 bits per heavy atom. The third-order valence-electron chi connectivity index (χ3n) is 16.1. The number of carbonyl (C=O) groups is 3. The summed E-state index contributed by atoms with van der Waals surface area (Å²) in [6.07, 6.45) is 87.1. The summed E-state index contributed by atoms with van der Waals surface area (Å²) in [5.41, 5.74) is 0. The molecule has 0 saturated carbocycles. The summed E-state index contributed by atoms with van der Waals surface area (Å²) in [5, 5.41) is 0. The second kappa shape index (κ2) is 68.9. The van der Waals surface area contributed by atoms with Gasteiger partial charge < -0.3 is 14.2 Å². The van der Waals surface area contributed by atoms with Crippen LogP contribution in [0.5, 0.6) is 0 Å². The fourth-order valence-corrected chi connectivity index (χ4v) is 10.7. The average molecular weight is 1120 g/mol. The van der Waals surface area contributed by atoms with Gasteiger partial charge in [-0.3, -0.25) is 14.4 Å². The van der Waals surface area contributed by atoms with Gasteiger partial charge in [0, 0.05) is 19.3 Å². The lowest BCUT2D eigenvalue weighted by atomic mass is 10.0. The number of unbranched alkanes of at least 4 members (excludes halogenated alkanes) is 47. The van der Waals surface area contributed by atoms with E-state index in [1.54, 1.807) is 0 Å². The van der Waals surface area contributed by atoms with Crippen molar-refractivity contribution in [3.8, 4) is 0 Å². The van der Waals surface area contributed by atoms with Gasteiger partial charge in [0.05, 0.1) is 0 Å². The molecular formula is C74H136O6. The predicted octanol–water partition coefficient (Wildman–Crippen LogP) is 24.5. The van der Waals surface area contributed by atoms with Gasteiger partial charge in [-0.15, -0.1) is 0 Å². The molecule has 80 heavy (non-hydrogen) atoms. The smallest absolute Gasteiger partial charge is 0.306 e. The number of rotatable bonds is 66. The maximum absolute atomic E-state index is 13.0. The van der Waals surface area contributed by atoms with Gasteiger partial charge in [-0.05, 0) is 83.5 Å². The topological polar surface area (TPSA) is 78.9 Å². The van der Waals surface area contributed by atoms with Crippen molar-refractivity contribution in [2.75, 3.05) is 13.2 Å². The Kier molecular flexibility index (Phi) is 66.6. The quantitative estimate of drug-likeness (QED) is 0.0261. The zero-order valence-electron chi connectivity index (χ0n) is 53.9. The van der Waals surface area contributed by atoms with Crippen LogP contribution in [-0.2, 0) is 28.6 Å². The molecule has 6 nitrogen and oxygen atoms in total. The highest BCUT2D eigenvalue weighted by molar-refractivity contribution is 5.71. The van der Waals surface area contributed by atoms with Crippen LogP contribution in [-0.4, -0.2) is 37.2 Å². The highest BCUT2D eigenvalue weighted by atomic mass is 16.6. The van der Waals surface area contributed by atoms with Gasteiger partial charge in [0.1, 0.15) is 13.2 Å². The standard InChI is InChI=1S/C74H136O6/c1-4-7-10-13-16-19-22-25-27-29-31-33-35-36-37-38-39-41-42-44-46-49-52-55-58-61-64-67-73(76)79-70-71(69-78-72(75)66-63-60-57-54-51-48-24-21-18-15-12-9-6-3)80-74(77)68-65-62-59-56-53-50-47-45-43-40-34-32-30-28-26-23-20-17-14-11-8-5-2/h21-22,24-25,29,31,35-36,71H,4-20,23,26-28,30,32-34,37-70H2,1-3H3/b24-21-,25-22-,31-29-,36-35-. The van der Waals surface area contributed by atoms with Crippen LogP contribution in [0, 0.1) is 0 Å². The molecule has 468 valence electrons. The minimum atomic E-state index is -0.776. The number of carbonyl (C=O) groups excluding carboxylic acids is 3. The summed E-state index contributed by atoms with van der Waals surface area (Å²) < 4.78 is 17.0. The van der Waals surface area contributed by atoms with E-state index in [9.17, 15) is 14.4 Å². The van der Waals surface area contributed by atoms with Crippen LogP contribution in [0.4, 0.5) is 0 Å². The van der Waals surface area contributed by atoms with Gasteiger partial charge in [-0.25, -0.2) is 0 Å². The van der Waals surface area contributed by atoms with E-state index in [1.807, 2.05) is 0 Å². The molecule has 1 unspecified atom stereocenters. The number of esters is 3. The van der Waals surface area contributed by atoms with Crippen molar-refractivity contribution < 1.29 is 28.6 Å². The summed E-state index contributed by atoms with van der Waals surface area (Å²) >= 11 is 0. The molecule has 0 aliphatic carbocycles. The number of hydrogen-bond donors (Lipinski definition) is 0. The molecule has 0 heterocycles. The van der Waals surface area contributed by atoms with Crippen molar-refractivity contribution in [2.24, 2.45) is 0 Å². The second-order valence-corrected chi connectivity index (χ2v) is 24.1. The van der Waals surface area contributed by atoms with Crippen LogP contribution in [0.1, 0.15) is 387 Å². The van der Waals surface area contributed by atoms with Gasteiger partial charge in [-0.2, -0.15) is 0 Å². The Morgan fingerprint density at radius 3 is 0.725 bits per heavy atom. The zero-order chi connectivity index (χ0) is 57.8. The van der Waals surface area contributed by atoms with Crippen LogP contribution in [0.2, 0.25) is 0 Å². The molecule has 0 fully saturated rings. The second-order valence-electron chi connectivity index (χ2n) is 24.1. The maximum atomic E-state index is 13.0. The lowest BCUT2D eigenvalue weighted by molar-refractivity contribution is -0.167. The average Bonchev–Trinajstić information content (AvgIpc) is 3.46. The Hall–Kier alpha value is -2.63. The number of allylic oxidation sites excluding steroid dienone is 8. The molecule has 0 aromatic heterocycles. The van der Waals surface area contributed by atoms with Crippen molar-refractivity contribution in [2.45, 2.75) is 393 Å². The van der Waals surface area contributed by atoms with Crippen molar-refractivity contribution in [1.29, 1.82) is 0 Å². The van der Waals surface area contributed by atoms with Gasteiger partial charge in [0.2, 0.25) is 0 Å². The van der Waals surface area contributed by atoms with Crippen molar-refractivity contribution in [3.63, 3.8) is 0 Å². The molecule has 0 rings (SSSR count). The van der Waals surface area contributed by atoms with Gasteiger partial charge >= 0.3 is 17.9 Å². The van der Waals surface area contributed by atoms with E-state index in [0.29, 0.717) is 19.3 Å². The summed E-state index contributed by atoms with van der Waals surface area (Å²) in [5.74, 6) is -0.856. The van der Waals surface area contributed by atoms with E-state index in [1.165, 1.54) is 270 Å². The lowest BCUT2D eigenvalue weighted by Gasteiger charge is -2.18. The molecular weight excluding hydrogens is 985 g/mol. The first kappa shape index (κ1) is 77.4. The molecule has 1 atom stereocenters. The largest absolute Gasteiger partial charge is 0.462 e. The molecule has 0 aliphatic rings. The zero-order valence-corrected chi connectivity index (χ0v) is 53.9. The molecule has 0 aliphatic heterocycles. The number of hydrogen-bond acceptors (Lipinski definition) is 6. The van der Waals surface area contributed by atoms with E-state index in [-0.39, 0.29) is 31.1 Å². The monoisotopic (exact) mass is 1120 g/mol. The molecule has 0 N–H and O–H groups in total. The molecule has 6 heteroatoms. The third-order valence-corrected chi connectivity index (χ3v) is 16.1. The molecule has 0 radical (unpaired) electrons. The first-order chi connectivity index (χ1) is 39.5. The Morgan fingerprint density at radius 2 is 0.450 bits per heavy atom. The summed E-state index contributed by atoms with van der Waals surface area (Å²) in [6, 6.07) is 0. The minimum absolute atomic E-state index is 0.0723. The lowest BCUT2D eigenvalue weighted by Crippen LogP contribution is -2.30. The summed E-state index contributed by atoms with van der Waals surface area (Å²) in [6.45, 7) is 6.67. The van der Waals surface area contributed by atoms with Crippen LogP contribution < -0.4 is 0 Å². The van der Waals surface area contributed by atoms with Crippen molar-refractivity contribution >= 4 is 17.9 Å². The Labute approximate surface area is 498 Å². The van der Waals surface area contributed by atoms with Crippen LogP contribution in [0.25, 0.3) is 0 Å². The predicted molar refractivity (Wildman–Crippen MR) is 349 cm³/mol. The van der Waals surface area contributed by atoms with Gasteiger partial charge in [0.15, 0.2) is 6.10 Å². The molecule has 0 aromatic carbocycles. The highest BCUT2D eigenvalue weighted by Crippen LogP contribution is 2.18. The number of ether oxygens (including phenoxy) is 3. The molecule has 0 amide bonds. The van der Waals surface area contributed by atoms with Crippen LogP contribution in [0.3, 0.4) is 0 Å². The molecule has 0 bridgehead atoms. The van der Waals surface area contributed by atoms with Gasteiger partial charge in [-0.1, -0.05) is 333 Å². The van der Waals surface area contributed by atoms with Crippen LogP contribution in [0.15, 0.2) is 48.6 Å². The minimum Gasteiger partial charge on any atom is -0.462 e. The van der Waals surface area contributed by atoms with E-state index in [0.717, 1.165) is 77.0 Å². The molecule has 0 aromatic rings. The fourth-order valence-electron chi connectivity index (χ4n) is 10.7. The first-order valence-corrected chi connectivity index (χ1v) is 35.6. The van der Waals surface area contributed by atoms with Crippen molar-refractivity contribution in [3.05, 3.63) is 48.6 Å². The Bertz CT molecular complexity index is 1380. The van der Waals surface area contributed by atoms with E-state index < -0.39 is 6.10 Å².